The van der Waals surface area contributed by atoms with Gasteiger partial charge in [0.2, 0.25) is 11.8 Å². The number of benzene rings is 2. The van der Waals surface area contributed by atoms with Gasteiger partial charge in [-0.15, -0.1) is 0 Å². The molecule has 0 spiro atoms. The minimum Gasteiger partial charge on any atom is -0.377 e. The topological polar surface area (TPSA) is 61.9 Å². The fourth-order valence-electron chi connectivity index (χ4n) is 4.75. The van der Waals surface area contributed by atoms with E-state index in [4.69, 9.17) is 4.74 Å². The zero-order valence-corrected chi connectivity index (χ0v) is 20.6. The van der Waals surface area contributed by atoms with E-state index in [0.29, 0.717) is 13.1 Å². The maximum atomic E-state index is 13.9. The summed E-state index contributed by atoms with van der Waals surface area (Å²) >= 11 is 0. The van der Waals surface area contributed by atoms with Gasteiger partial charge in [0.05, 0.1) is 12.0 Å². The standard InChI is InChI=1S/C28H37N3O3/c1-4-25(20-9-6-5-7-10-20)28(33)31(19-24-11-8-16-34-24)18-22-17-23(14-15-26(22)30(2)3)29-27(32)21-12-13-21/h5-7,9-10,14-15,17,21,24-25H,4,8,11-13,16,18-19H2,1-3H3,(H,29,32)/t24-,25-/m0/s1. The molecule has 1 heterocycles. The zero-order valence-electron chi connectivity index (χ0n) is 20.6. The van der Waals surface area contributed by atoms with Crippen molar-refractivity contribution in [3.8, 4) is 0 Å². The molecule has 182 valence electrons. The number of anilines is 2. The third-order valence-corrected chi connectivity index (χ3v) is 6.81. The van der Waals surface area contributed by atoms with E-state index in [1.807, 2.05) is 67.5 Å². The van der Waals surface area contributed by atoms with Crippen molar-refractivity contribution < 1.29 is 14.3 Å². The smallest absolute Gasteiger partial charge is 0.230 e. The second-order valence-corrected chi connectivity index (χ2v) is 9.73. The lowest BCUT2D eigenvalue weighted by Crippen LogP contribution is -2.40. The minimum absolute atomic E-state index is 0.0674. The van der Waals surface area contributed by atoms with Crippen molar-refractivity contribution in [2.75, 3.05) is 37.5 Å². The molecule has 2 aliphatic rings. The molecule has 2 aromatic rings. The summed E-state index contributed by atoms with van der Waals surface area (Å²) in [4.78, 5) is 30.3. The highest BCUT2D eigenvalue weighted by Gasteiger charge is 2.31. The number of nitrogens with zero attached hydrogens (tertiary/aromatic N) is 2. The van der Waals surface area contributed by atoms with Crippen molar-refractivity contribution in [1.29, 1.82) is 0 Å². The van der Waals surface area contributed by atoms with Crippen molar-refractivity contribution in [2.45, 2.75) is 57.6 Å². The van der Waals surface area contributed by atoms with Crippen LogP contribution in [0.1, 0.15) is 56.1 Å². The van der Waals surface area contributed by atoms with Crippen LogP contribution in [0.3, 0.4) is 0 Å². The number of carbonyl (C=O) groups is 2. The van der Waals surface area contributed by atoms with Crippen LogP contribution in [-0.4, -0.2) is 50.1 Å². The monoisotopic (exact) mass is 463 g/mol. The van der Waals surface area contributed by atoms with Gasteiger partial charge < -0.3 is 19.9 Å². The number of carbonyl (C=O) groups excluding carboxylic acids is 2. The van der Waals surface area contributed by atoms with Crippen molar-refractivity contribution in [1.82, 2.24) is 4.90 Å². The van der Waals surface area contributed by atoms with E-state index in [2.05, 4.69) is 17.1 Å². The molecule has 0 unspecified atom stereocenters. The first kappa shape index (κ1) is 24.3. The Hall–Kier alpha value is -2.86. The minimum atomic E-state index is -0.192. The average molecular weight is 464 g/mol. The van der Waals surface area contributed by atoms with Crippen LogP contribution in [0.4, 0.5) is 11.4 Å². The molecule has 1 aliphatic heterocycles. The molecule has 1 saturated carbocycles. The Bertz CT molecular complexity index is 982. The molecular formula is C28H37N3O3. The largest absolute Gasteiger partial charge is 0.377 e. The first-order valence-corrected chi connectivity index (χ1v) is 12.5. The van der Waals surface area contributed by atoms with E-state index in [-0.39, 0.29) is 29.8 Å². The van der Waals surface area contributed by atoms with Gasteiger partial charge in [0, 0.05) is 51.1 Å². The van der Waals surface area contributed by atoms with Gasteiger partial charge in [-0.05, 0) is 61.4 Å². The third kappa shape index (κ3) is 5.98. The molecule has 4 rings (SSSR count). The molecule has 1 saturated heterocycles. The number of hydrogen-bond donors (Lipinski definition) is 1. The van der Waals surface area contributed by atoms with E-state index in [1.165, 1.54) is 0 Å². The van der Waals surface area contributed by atoms with Gasteiger partial charge >= 0.3 is 0 Å². The van der Waals surface area contributed by atoms with E-state index in [0.717, 1.165) is 61.2 Å². The van der Waals surface area contributed by atoms with E-state index >= 15 is 0 Å². The number of ether oxygens (including phenoxy) is 1. The molecule has 0 radical (unpaired) electrons. The molecule has 2 amide bonds. The second kappa shape index (κ2) is 11.0. The number of rotatable bonds is 10. The summed E-state index contributed by atoms with van der Waals surface area (Å²) in [6.45, 7) is 3.88. The first-order valence-electron chi connectivity index (χ1n) is 12.5. The molecular weight excluding hydrogens is 426 g/mol. The SMILES string of the molecule is CC[C@H](C(=O)N(Cc1cc(NC(=O)C2CC2)ccc1N(C)C)C[C@@H]1CCCO1)c1ccccc1. The number of nitrogens with one attached hydrogen (secondary N) is 1. The highest BCUT2D eigenvalue weighted by molar-refractivity contribution is 5.94. The maximum Gasteiger partial charge on any atom is 0.230 e. The van der Waals surface area contributed by atoms with Crippen molar-refractivity contribution in [2.24, 2.45) is 5.92 Å². The van der Waals surface area contributed by atoms with Crippen LogP contribution in [0.25, 0.3) is 0 Å². The van der Waals surface area contributed by atoms with Crippen LogP contribution < -0.4 is 10.2 Å². The predicted molar refractivity (Wildman–Crippen MR) is 136 cm³/mol. The van der Waals surface area contributed by atoms with Crippen LogP contribution in [0.5, 0.6) is 0 Å². The van der Waals surface area contributed by atoms with Crippen molar-refractivity contribution in [3.05, 3.63) is 59.7 Å². The highest BCUT2D eigenvalue weighted by atomic mass is 16.5. The molecule has 2 aromatic carbocycles. The first-order chi connectivity index (χ1) is 16.5. The van der Waals surface area contributed by atoms with Crippen LogP contribution >= 0.6 is 0 Å². The van der Waals surface area contributed by atoms with Crippen molar-refractivity contribution in [3.63, 3.8) is 0 Å². The number of hydrogen-bond acceptors (Lipinski definition) is 4. The molecule has 34 heavy (non-hydrogen) atoms. The highest BCUT2D eigenvalue weighted by Crippen LogP contribution is 2.32. The lowest BCUT2D eigenvalue weighted by atomic mass is 9.94. The van der Waals surface area contributed by atoms with Gasteiger partial charge in [-0.25, -0.2) is 0 Å². The normalized spacial score (nSPS) is 18.4. The molecule has 1 N–H and O–H groups in total. The Balaban J connectivity index is 1.61. The van der Waals surface area contributed by atoms with Crippen LogP contribution in [0.2, 0.25) is 0 Å². The Morgan fingerprint density at radius 1 is 1.09 bits per heavy atom. The molecule has 2 fully saturated rings. The fourth-order valence-corrected chi connectivity index (χ4v) is 4.75. The van der Waals surface area contributed by atoms with Gasteiger partial charge in [0.25, 0.3) is 0 Å². The Morgan fingerprint density at radius 3 is 2.47 bits per heavy atom. The van der Waals surface area contributed by atoms with E-state index < -0.39 is 0 Å². The van der Waals surface area contributed by atoms with Crippen LogP contribution in [0, 0.1) is 5.92 Å². The summed E-state index contributed by atoms with van der Waals surface area (Å²) in [5, 5.41) is 3.06. The maximum absolute atomic E-state index is 13.9. The summed E-state index contributed by atoms with van der Waals surface area (Å²) in [6.07, 6.45) is 4.76. The van der Waals surface area contributed by atoms with Gasteiger partial charge in [-0.3, -0.25) is 9.59 Å². The molecule has 1 aliphatic carbocycles. The van der Waals surface area contributed by atoms with Crippen LogP contribution in [0.15, 0.2) is 48.5 Å². The van der Waals surface area contributed by atoms with Crippen LogP contribution in [-0.2, 0) is 20.9 Å². The molecule has 6 nitrogen and oxygen atoms in total. The third-order valence-electron chi connectivity index (χ3n) is 6.81. The van der Waals surface area contributed by atoms with E-state index in [9.17, 15) is 9.59 Å². The van der Waals surface area contributed by atoms with Crippen molar-refractivity contribution >= 4 is 23.2 Å². The van der Waals surface area contributed by atoms with Gasteiger partial charge in [-0.1, -0.05) is 37.3 Å². The molecule has 6 heteroatoms. The molecule has 0 bridgehead atoms. The summed E-state index contributed by atoms with van der Waals surface area (Å²) in [5.41, 5.74) is 3.90. The van der Waals surface area contributed by atoms with E-state index in [1.54, 1.807) is 0 Å². The average Bonchev–Trinajstić information content (AvgIpc) is 3.57. The molecule has 2 atom stereocenters. The van der Waals surface area contributed by atoms with Gasteiger partial charge in [0.15, 0.2) is 0 Å². The summed E-state index contributed by atoms with van der Waals surface area (Å²) < 4.78 is 5.92. The second-order valence-electron chi connectivity index (χ2n) is 9.73. The summed E-state index contributed by atoms with van der Waals surface area (Å²) in [5.74, 6) is 0.168. The Morgan fingerprint density at radius 2 is 1.85 bits per heavy atom. The summed E-state index contributed by atoms with van der Waals surface area (Å²) in [7, 11) is 4.01. The number of amides is 2. The Kier molecular flexibility index (Phi) is 7.88. The van der Waals surface area contributed by atoms with Gasteiger partial charge in [0.1, 0.15) is 0 Å². The predicted octanol–water partition coefficient (Wildman–Crippen LogP) is 4.80. The molecule has 0 aromatic heterocycles. The zero-order chi connectivity index (χ0) is 24.1. The Labute approximate surface area is 203 Å². The summed E-state index contributed by atoms with van der Waals surface area (Å²) in [6, 6.07) is 16.0. The van der Waals surface area contributed by atoms with Gasteiger partial charge in [-0.2, -0.15) is 0 Å². The lowest BCUT2D eigenvalue weighted by molar-refractivity contribution is -0.135. The lowest BCUT2D eigenvalue weighted by Gasteiger charge is -2.31. The fraction of sp³-hybridized carbons (Fsp3) is 0.500. The quantitative estimate of drug-likeness (QED) is 0.550.